The average molecular weight is 669 g/mol. The summed E-state index contributed by atoms with van der Waals surface area (Å²) in [5.74, 6) is -1.24. The summed E-state index contributed by atoms with van der Waals surface area (Å²) in [5.41, 5.74) is -0.864. The number of aliphatic hydroxyl groups is 3. The molecule has 0 radical (unpaired) electrons. The van der Waals surface area contributed by atoms with Crippen LogP contribution in [0.3, 0.4) is 0 Å². The second-order valence-electron chi connectivity index (χ2n) is 10.6. The molecular weight excluding hydrogens is 629 g/mol. The molecule has 0 spiro atoms. The van der Waals surface area contributed by atoms with Gasteiger partial charge in [-0.3, -0.25) is 4.79 Å². The molecule has 1 aliphatic rings. The molecule has 1 fully saturated rings. The Kier molecular flexibility index (Phi) is 16.5. The Morgan fingerprint density at radius 3 is 2.43 bits per heavy atom. The third-order valence-electron chi connectivity index (χ3n) is 7.21. The molecule has 0 bridgehead atoms. The van der Waals surface area contributed by atoms with Gasteiger partial charge in [-0.15, -0.1) is 20.2 Å². The van der Waals surface area contributed by atoms with E-state index in [0.29, 0.717) is 25.7 Å². The van der Waals surface area contributed by atoms with Crippen LogP contribution in [0.15, 0.2) is 36.4 Å². The fraction of sp³-hybridized carbons (Fsp3) is 0.679. The molecule has 1 unspecified atom stereocenters. The van der Waals surface area contributed by atoms with Gasteiger partial charge in [-0.05, 0) is 68.6 Å². The lowest BCUT2D eigenvalue weighted by Gasteiger charge is -2.23. The molecule has 1 aromatic rings. The van der Waals surface area contributed by atoms with Crippen molar-refractivity contribution in [2.45, 2.75) is 75.5 Å². The number of carbonyl (C=O) groups excluding carboxylic acids is 1. The summed E-state index contributed by atoms with van der Waals surface area (Å²) >= 11 is 0. The SMILES string of the molecule is O=C(CCC/C=C\C[C@@H]1[C@@H](CC[C@@H](O)COc2cccc(C(F)(F)F)c2)[C@H](O)C[C@@H]1O)OCC(CO[N+](=O)[O-])OCCO[N+](=O)[O-]. The lowest BCUT2D eigenvalue weighted by atomic mass is 9.86. The molecule has 0 amide bonds. The Morgan fingerprint density at radius 2 is 1.74 bits per heavy atom. The van der Waals surface area contributed by atoms with Crippen molar-refractivity contribution in [2.75, 3.05) is 33.0 Å². The molecule has 18 heteroatoms. The van der Waals surface area contributed by atoms with Crippen molar-refractivity contribution in [1.82, 2.24) is 0 Å². The second-order valence-corrected chi connectivity index (χ2v) is 10.6. The number of alkyl halides is 3. The molecule has 46 heavy (non-hydrogen) atoms. The smallest absolute Gasteiger partial charge is 0.416 e. The summed E-state index contributed by atoms with van der Waals surface area (Å²) in [7, 11) is 0. The summed E-state index contributed by atoms with van der Waals surface area (Å²) in [6, 6.07) is 4.33. The predicted octanol–water partition coefficient (Wildman–Crippen LogP) is 3.04. The van der Waals surface area contributed by atoms with Gasteiger partial charge in [0, 0.05) is 6.42 Å². The highest BCUT2D eigenvalue weighted by Crippen LogP contribution is 2.38. The van der Waals surface area contributed by atoms with E-state index in [1.165, 1.54) is 12.1 Å². The lowest BCUT2D eigenvalue weighted by Crippen LogP contribution is -2.29. The number of rotatable bonds is 22. The molecule has 260 valence electrons. The third-order valence-corrected chi connectivity index (χ3v) is 7.21. The minimum absolute atomic E-state index is 0.0193. The quantitative estimate of drug-likeness (QED) is 0.0534. The number of esters is 1. The van der Waals surface area contributed by atoms with E-state index in [0.717, 1.165) is 12.1 Å². The van der Waals surface area contributed by atoms with Crippen LogP contribution in [0.1, 0.15) is 50.5 Å². The number of carbonyl (C=O) groups is 1. The molecule has 3 N–H and O–H groups in total. The number of hydrogen-bond acceptors (Lipinski definition) is 13. The first-order chi connectivity index (χ1) is 21.8. The third kappa shape index (κ3) is 15.0. The second kappa shape index (κ2) is 19.7. The van der Waals surface area contributed by atoms with Crippen molar-refractivity contribution in [1.29, 1.82) is 0 Å². The number of hydrogen-bond donors (Lipinski definition) is 3. The molecule has 1 aliphatic carbocycles. The van der Waals surface area contributed by atoms with Crippen LogP contribution in [0.5, 0.6) is 5.75 Å². The summed E-state index contributed by atoms with van der Waals surface area (Å²) in [4.78, 5) is 40.9. The first-order valence-corrected chi connectivity index (χ1v) is 14.6. The Balaban J connectivity index is 1.70. The maximum Gasteiger partial charge on any atom is 0.416 e. The van der Waals surface area contributed by atoms with E-state index in [1.807, 2.05) is 12.2 Å². The molecule has 2 rings (SSSR count). The Labute approximate surface area is 262 Å². The number of nitrogens with zero attached hydrogens (tertiary/aromatic N) is 2. The van der Waals surface area contributed by atoms with Crippen LogP contribution in [0.4, 0.5) is 13.2 Å². The summed E-state index contributed by atoms with van der Waals surface area (Å²) in [6.45, 7) is -1.89. The number of halogens is 3. The molecule has 0 aromatic heterocycles. The van der Waals surface area contributed by atoms with Gasteiger partial charge in [0.25, 0.3) is 10.2 Å². The van der Waals surface area contributed by atoms with Gasteiger partial charge in [0.05, 0.1) is 30.5 Å². The summed E-state index contributed by atoms with van der Waals surface area (Å²) in [5, 5.41) is 49.7. The van der Waals surface area contributed by atoms with Gasteiger partial charge < -0.3 is 39.2 Å². The molecule has 15 nitrogen and oxygen atoms in total. The summed E-state index contributed by atoms with van der Waals surface area (Å²) < 4.78 is 54.2. The van der Waals surface area contributed by atoms with Crippen LogP contribution in [0.25, 0.3) is 0 Å². The van der Waals surface area contributed by atoms with Crippen LogP contribution >= 0.6 is 0 Å². The van der Waals surface area contributed by atoms with Gasteiger partial charge in [-0.2, -0.15) is 13.2 Å². The zero-order valence-corrected chi connectivity index (χ0v) is 24.9. The fourth-order valence-electron chi connectivity index (χ4n) is 4.94. The van der Waals surface area contributed by atoms with Gasteiger partial charge >= 0.3 is 12.1 Å². The van der Waals surface area contributed by atoms with E-state index >= 15 is 0 Å². The molecule has 1 aromatic carbocycles. The van der Waals surface area contributed by atoms with E-state index in [4.69, 9.17) is 14.2 Å². The Hall–Kier alpha value is -3.74. The van der Waals surface area contributed by atoms with Gasteiger partial charge in [-0.1, -0.05) is 18.2 Å². The maximum atomic E-state index is 12.9. The minimum atomic E-state index is -4.52. The van der Waals surface area contributed by atoms with E-state index in [9.17, 15) is 53.5 Å². The van der Waals surface area contributed by atoms with Crippen molar-refractivity contribution in [3.05, 3.63) is 62.2 Å². The van der Waals surface area contributed by atoms with E-state index in [-0.39, 0.29) is 56.7 Å². The Morgan fingerprint density at radius 1 is 1.02 bits per heavy atom. The van der Waals surface area contributed by atoms with Crippen LogP contribution < -0.4 is 4.74 Å². The highest BCUT2D eigenvalue weighted by atomic mass is 19.4. The van der Waals surface area contributed by atoms with E-state index < -0.39 is 65.5 Å². The summed E-state index contributed by atoms with van der Waals surface area (Å²) in [6.07, 6.45) is -2.42. The zero-order valence-electron chi connectivity index (χ0n) is 24.9. The first-order valence-electron chi connectivity index (χ1n) is 14.6. The highest BCUT2D eigenvalue weighted by Gasteiger charge is 2.40. The number of aliphatic hydroxyl groups excluding tert-OH is 3. The molecule has 1 saturated carbocycles. The lowest BCUT2D eigenvalue weighted by molar-refractivity contribution is -0.760. The van der Waals surface area contributed by atoms with Gasteiger partial charge in [0.2, 0.25) is 0 Å². The van der Waals surface area contributed by atoms with Crippen molar-refractivity contribution < 1.29 is 67.3 Å². The zero-order chi connectivity index (χ0) is 34.1. The van der Waals surface area contributed by atoms with Gasteiger partial charge in [-0.25, -0.2) is 0 Å². The number of allylic oxidation sites excluding steroid dienone is 2. The standard InChI is InChI=1S/C28H39F3N2O13/c29-28(30,31)19-6-5-7-21(14-19)43-16-20(34)10-11-24-23(25(35)15-26(24)36)8-3-1-2-4-9-27(37)44-17-22(18-46-33(40)41)42-12-13-45-32(38)39/h1,3,5-7,14,20,22-26,34-36H,2,4,8-13,15-18H2/b3-1-/t20-,22?,23-,24-,25+,26-/m1/s1. The number of benzene rings is 1. The molecule has 0 saturated heterocycles. The normalized spacial score (nSPS) is 21.1. The van der Waals surface area contributed by atoms with E-state index in [1.54, 1.807) is 0 Å². The van der Waals surface area contributed by atoms with Gasteiger partial charge in [0.1, 0.15) is 38.3 Å². The van der Waals surface area contributed by atoms with E-state index in [2.05, 4.69) is 9.68 Å². The van der Waals surface area contributed by atoms with Crippen molar-refractivity contribution >= 4 is 5.97 Å². The first kappa shape index (κ1) is 38.4. The number of ether oxygens (including phenoxy) is 3. The maximum absolute atomic E-state index is 12.9. The molecular formula is C28H39F3N2O13. The average Bonchev–Trinajstić information content (AvgIpc) is 3.26. The molecule has 0 heterocycles. The molecule has 0 aliphatic heterocycles. The van der Waals surface area contributed by atoms with Crippen LogP contribution in [0.2, 0.25) is 0 Å². The van der Waals surface area contributed by atoms with Crippen molar-refractivity contribution in [2.24, 2.45) is 11.8 Å². The minimum Gasteiger partial charge on any atom is -0.491 e. The van der Waals surface area contributed by atoms with Crippen LogP contribution in [-0.4, -0.2) is 88.9 Å². The highest BCUT2D eigenvalue weighted by molar-refractivity contribution is 5.69. The number of unbranched alkanes of at least 4 members (excludes halogenated alkanes) is 1. The van der Waals surface area contributed by atoms with Crippen LogP contribution in [0, 0.1) is 32.1 Å². The van der Waals surface area contributed by atoms with Crippen molar-refractivity contribution in [3.63, 3.8) is 0 Å². The Bertz CT molecular complexity index is 1120. The largest absolute Gasteiger partial charge is 0.491 e. The van der Waals surface area contributed by atoms with Crippen LogP contribution in [-0.2, 0) is 30.1 Å². The van der Waals surface area contributed by atoms with Gasteiger partial charge in [0.15, 0.2) is 0 Å². The topological polar surface area (TPSA) is 210 Å². The van der Waals surface area contributed by atoms with Crippen molar-refractivity contribution in [3.8, 4) is 5.75 Å². The molecule has 6 atom stereocenters. The predicted molar refractivity (Wildman–Crippen MR) is 150 cm³/mol. The fourth-order valence-corrected chi connectivity index (χ4v) is 4.94. The monoisotopic (exact) mass is 668 g/mol.